The number of anilines is 1. The van der Waals surface area contributed by atoms with Crippen LogP contribution in [-0.2, 0) is 0 Å². The molecule has 1 N–H and O–H groups in total. The summed E-state index contributed by atoms with van der Waals surface area (Å²) >= 11 is 1.61. The maximum absolute atomic E-state index is 13.3. The summed E-state index contributed by atoms with van der Waals surface area (Å²) in [6, 6.07) is 6.19. The summed E-state index contributed by atoms with van der Waals surface area (Å²) in [4.78, 5) is 24.0. The molecule has 0 spiro atoms. The first kappa shape index (κ1) is 14.2. The van der Waals surface area contributed by atoms with Crippen LogP contribution in [0.5, 0.6) is 0 Å². The highest BCUT2D eigenvalue weighted by atomic mass is 32.1. The van der Waals surface area contributed by atoms with Crippen LogP contribution in [0.3, 0.4) is 0 Å². The first-order valence-electron chi connectivity index (χ1n) is 7.43. The molecule has 1 aliphatic rings. The molecule has 2 aromatic heterocycles. The second-order valence-electron chi connectivity index (χ2n) is 5.51. The van der Waals surface area contributed by atoms with E-state index in [1.165, 1.54) is 12.1 Å². The highest BCUT2D eigenvalue weighted by Crippen LogP contribution is 2.21. The third kappa shape index (κ3) is 2.68. The van der Waals surface area contributed by atoms with Crippen molar-refractivity contribution in [2.24, 2.45) is 0 Å². The lowest BCUT2D eigenvalue weighted by molar-refractivity contribution is 0.0742. The van der Waals surface area contributed by atoms with Gasteiger partial charge in [-0.1, -0.05) is 0 Å². The molecule has 4 rings (SSSR count). The number of carbonyl (C=O) groups excluding carboxylic acids is 1. The van der Waals surface area contributed by atoms with Crippen LogP contribution in [0, 0.1) is 5.82 Å². The van der Waals surface area contributed by atoms with Crippen molar-refractivity contribution in [3.05, 3.63) is 47.4 Å². The Morgan fingerprint density at radius 3 is 2.78 bits per heavy atom. The van der Waals surface area contributed by atoms with E-state index in [0.717, 1.165) is 29.1 Å². The van der Waals surface area contributed by atoms with Crippen LogP contribution >= 0.6 is 11.3 Å². The van der Waals surface area contributed by atoms with E-state index < -0.39 is 0 Å². The van der Waals surface area contributed by atoms with Gasteiger partial charge >= 0.3 is 0 Å². The first-order chi connectivity index (χ1) is 11.2. The van der Waals surface area contributed by atoms with Gasteiger partial charge in [0.25, 0.3) is 5.91 Å². The number of aromatic amines is 1. The molecule has 5 nitrogen and oxygen atoms in total. The Bertz CT molecular complexity index is 837. The van der Waals surface area contributed by atoms with Gasteiger partial charge in [0, 0.05) is 48.7 Å². The van der Waals surface area contributed by atoms with Crippen molar-refractivity contribution in [2.75, 3.05) is 31.1 Å². The smallest absolute Gasteiger partial charge is 0.270 e. The molecule has 1 aromatic carbocycles. The Morgan fingerprint density at radius 2 is 2.04 bits per heavy atom. The van der Waals surface area contributed by atoms with Gasteiger partial charge in [0.15, 0.2) is 5.13 Å². The number of rotatable bonds is 2. The van der Waals surface area contributed by atoms with Crippen LogP contribution in [0.15, 0.2) is 35.8 Å². The molecule has 1 saturated heterocycles. The van der Waals surface area contributed by atoms with Crippen molar-refractivity contribution in [3.8, 4) is 0 Å². The van der Waals surface area contributed by atoms with Gasteiger partial charge in [0.2, 0.25) is 0 Å². The number of aromatic nitrogens is 2. The summed E-state index contributed by atoms with van der Waals surface area (Å²) in [6.07, 6.45) is 1.79. The van der Waals surface area contributed by atoms with Crippen molar-refractivity contribution in [2.45, 2.75) is 0 Å². The highest BCUT2D eigenvalue weighted by Gasteiger charge is 2.24. The van der Waals surface area contributed by atoms with E-state index in [1.54, 1.807) is 29.7 Å². The number of H-pyrrole nitrogens is 1. The standard InChI is InChI=1S/C16H15FN4OS/c17-12-1-2-13-11(9-12)10-14(19-13)15(22)20-4-6-21(7-5-20)16-18-3-8-23-16/h1-3,8-10,19H,4-7H2. The van der Waals surface area contributed by atoms with E-state index in [9.17, 15) is 9.18 Å². The molecule has 1 fully saturated rings. The number of benzene rings is 1. The van der Waals surface area contributed by atoms with E-state index in [4.69, 9.17) is 0 Å². The Morgan fingerprint density at radius 1 is 1.22 bits per heavy atom. The van der Waals surface area contributed by atoms with E-state index in [1.807, 2.05) is 10.3 Å². The monoisotopic (exact) mass is 330 g/mol. The molecule has 0 radical (unpaired) electrons. The van der Waals surface area contributed by atoms with Gasteiger partial charge in [-0.2, -0.15) is 0 Å². The van der Waals surface area contributed by atoms with E-state index in [0.29, 0.717) is 18.8 Å². The molecule has 1 amide bonds. The van der Waals surface area contributed by atoms with Gasteiger partial charge in [-0.25, -0.2) is 9.37 Å². The molecule has 7 heteroatoms. The summed E-state index contributed by atoms with van der Waals surface area (Å²) in [5.41, 5.74) is 1.28. The van der Waals surface area contributed by atoms with E-state index >= 15 is 0 Å². The second kappa shape index (κ2) is 5.66. The number of halogens is 1. The van der Waals surface area contributed by atoms with Crippen LogP contribution in [-0.4, -0.2) is 47.0 Å². The number of hydrogen-bond acceptors (Lipinski definition) is 4. The molecule has 1 aliphatic heterocycles. The van der Waals surface area contributed by atoms with Gasteiger partial charge < -0.3 is 14.8 Å². The molecule has 0 unspecified atom stereocenters. The van der Waals surface area contributed by atoms with Crippen LogP contribution in [0.4, 0.5) is 9.52 Å². The SMILES string of the molecule is O=C(c1cc2cc(F)ccc2[nH]1)N1CCN(c2nccs2)CC1. The molecule has 0 aliphatic carbocycles. The zero-order valence-electron chi connectivity index (χ0n) is 12.3. The molecule has 3 heterocycles. The Hall–Kier alpha value is -2.41. The predicted molar refractivity (Wildman–Crippen MR) is 88.5 cm³/mol. The maximum Gasteiger partial charge on any atom is 0.270 e. The quantitative estimate of drug-likeness (QED) is 0.786. The molecular weight excluding hydrogens is 315 g/mol. The zero-order chi connectivity index (χ0) is 15.8. The molecule has 0 saturated carbocycles. The summed E-state index contributed by atoms with van der Waals surface area (Å²) in [7, 11) is 0. The normalized spacial score (nSPS) is 15.3. The van der Waals surface area contributed by atoms with Crippen molar-refractivity contribution in [3.63, 3.8) is 0 Å². The van der Waals surface area contributed by atoms with Crippen molar-refractivity contribution in [1.29, 1.82) is 0 Å². The average Bonchev–Trinajstić information content (AvgIpc) is 3.23. The number of fused-ring (bicyclic) bond motifs is 1. The maximum atomic E-state index is 13.3. The number of nitrogens with one attached hydrogen (secondary N) is 1. The molecule has 0 atom stereocenters. The van der Waals surface area contributed by atoms with Crippen LogP contribution in [0.2, 0.25) is 0 Å². The lowest BCUT2D eigenvalue weighted by Gasteiger charge is -2.34. The molecule has 0 bridgehead atoms. The van der Waals surface area contributed by atoms with E-state index in [2.05, 4.69) is 14.9 Å². The van der Waals surface area contributed by atoms with Crippen LogP contribution in [0.1, 0.15) is 10.5 Å². The number of thiazole rings is 1. The number of piperazine rings is 1. The predicted octanol–water partition coefficient (Wildman–Crippen LogP) is 2.73. The van der Waals surface area contributed by atoms with Gasteiger partial charge in [0.1, 0.15) is 11.5 Å². The third-order valence-corrected chi connectivity index (χ3v) is 4.90. The number of hydrogen-bond donors (Lipinski definition) is 1. The van der Waals surface area contributed by atoms with Crippen LogP contribution in [0.25, 0.3) is 10.9 Å². The molecule has 23 heavy (non-hydrogen) atoms. The summed E-state index contributed by atoms with van der Waals surface area (Å²) in [5.74, 6) is -0.340. The largest absolute Gasteiger partial charge is 0.351 e. The minimum Gasteiger partial charge on any atom is -0.351 e. The Kier molecular flexibility index (Phi) is 3.49. The van der Waals surface area contributed by atoms with Crippen molar-refractivity contribution in [1.82, 2.24) is 14.9 Å². The summed E-state index contributed by atoms with van der Waals surface area (Å²) < 4.78 is 13.3. The number of carbonyl (C=O) groups is 1. The Labute approximate surface area is 136 Å². The van der Waals surface area contributed by atoms with Crippen molar-refractivity contribution >= 4 is 33.3 Å². The van der Waals surface area contributed by atoms with Crippen molar-refractivity contribution < 1.29 is 9.18 Å². The second-order valence-corrected chi connectivity index (χ2v) is 6.38. The zero-order valence-corrected chi connectivity index (χ0v) is 13.1. The van der Waals surface area contributed by atoms with Gasteiger partial charge in [-0.15, -0.1) is 11.3 Å². The minimum absolute atomic E-state index is 0.0413. The van der Waals surface area contributed by atoms with Gasteiger partial charge in [0.05, 0.1) is 0 Å². The van der Waals surface area contributed by atoms with Gasteiger partial charge in [-0.3, -0.25) is 4.79 Å². The molecular formula is C16H15FN4OS. The summed E-state index contributed by atoms with van der Waals surface area (Å²) in [5, 5.41) is 3.67. The van der Waals surface area contributed by atoms with Gasteiger partial charge in [-0.05, 0) is 24.3 Å². The molecule has 118 valence electrons. The lowest BCUT2D eigenvalue weighted by atomic mass is 10.2. The fourth-order valence-electron chi connectivity index (χ4n) is 2.86. The lowest BCUT2D eigenvalue weighted by Crippen LogP contribution is -2.48. The first-order valence-corrected chi connectivity index (χ1v) is 8.31. The number of amides is 1. The average molecular weight is 330 g/mol. The fourth-order valence-corrected chi connectivity index (χ4v) is 3.56. The molecule has 3 aromatic rings. The van der Waals surface area contributed by atoms with Crippen LogP contribution < -0.4 is 4.90 Å². The Balaban J connectivity index is 1.48. The summed E-state index contributed by atoms with van der Waals surface area (Å²) in [6.45, 7) is 2.85. The third-order valence-electron chi connectivity index (χ3n) is 4.07. The highest BCUT2D eigenvalue weighted by molar-refractivity contribution is 7.13. The topological polar surface area (TPSA) is 52.2 Å². The minimum atomic E-state index is -0.299. The number of nitrogens with zero attached hydrogens (tertiary/aromatic N) is 3. The fraction of sp³-hybridized carbons (Fsp3) is 0.250. The van der Waals surface area contributed by atoms with E-state index in [-0.39, 0.29) is 11.7 Å².